The van der Waals surface area contributed by atoms with Crippen LogP contribution in [0, 0.1) is 18.6 Å². The molecular weight excluding hydrogens is 478 g/mol. The summed E-state index contributed by atoms with van der Waals surface area (Å²) in [4.78, 5) is 10.9. The smallest absolute Gasteiger partial charge is 0.305 e. The van der Waals surface area contributed by atoms with Gasteiger partial charge in [-0.3, -0.25) is 4.79 Å². The number of carboxylic acids is 1. The molecule has 0 aliphatic rings. The van der Waals surface area contributed by atoms with Crippen LogP contribution in [0.1, 0.15) is 41.0 Å². The molecule has 0 radical (unpaired) electrons. The lowest BCUT2D eigenvalue weighted by Crippen LogP contribution is -2.26. The molecule has 7 heteroatoms. The maximum atomic E-state index is 13.8. The van der Waals surface area contributed by atoms with Gasteiger partial charge in [-0.05, 0) is 64.7 Å². The Morgan fingerprint density at radius 2 is 1.43 bits per heavy atom. The first kappa shape index (κ1) is 26.3. The summed E-state index contributed by atoms with van der Waals surface area (Å²) in [6.07, 6.45) is -2.95. The zero-order chi connectivity index (χ0) is 26.5. The number of rotatable bonds is 10. The molecule has 2 atom stereocenters. The van der Waals surface area contributed by atoms with Crippen LogP contribution >= 0.6 is 0 Å². The van der Waals surface area contributed by atoms with Gasteiger partial charge in [0.25, 0.3) is 0 Å². The normalized spacial score (nSPS) is 13.0. The van der Waals surface area contributed by atoms with E-state index >= 15 is 0 Å². The number of fused-ring (bicyclic) bond motifs is 1. The van der Waals surface area contributed by atoms with Crippen LogP contribution < -0.4 is 4.74 Å². The van der Waals surface area contributed by atoms with Crippen molar-refractivity contribution in [1.82, 2.24) is 0 Å². The monoisotopic (exact) mass is 506 g/mol. The SMILES string of the molecule is Cc1c(OC[C@@H](O)C[C@@H](O)CC(=O)O)c(C(c2ccc(F)cc2)c2ccc(F)cc2)cc2ccccc12. The number of carbonyl (C=O) groups is 1. The number of hydrogen-bond acceptors (Lipinski definition) is 4. The molecule has 0 aliphatic carbocycles. The fourth-order valence-electron chi connectivity index (χ4n) is 4.65. The molecule has 0 amide bonds. The molecule has 0 aliphatic heterocycles. The van der Waals surface area contributed by atoms with E-state index in [2.05, 4.69) is 0 Å². The summed E-state index contributed by atoms with van der Waals surface area (Å²) >= 11 is 0. The first-order chi connectivity index (χ1) is 17.7. The highest BCUT2D eigenvalue weighted by Crippen LogP contribution is 2.42. The molecule has 0 unspecified atom stereocenters. The fraction of sp³-hybridized carbons (Fsp3) is 0.233. The molecule has 4 rings (SSSR count). The lowest BCUT2D eigenvalue weighted by atomic mass is 9.82. The quantitative estimate of drug-likeness (QED) is 0.245. The van der Waals surface area contributed by atoms with E-state index in [0.717, 1.165) is 33.0 Å². The van der Waals surface area contributed by atoms with Crippen LogP contribution in [0.5, 0.6) is 5.75 Å². The van der Waals surface area contributed by atoms with Crippen molar-refractivity contribution in [1.29, 1.82) is 0 Å². The van der Waals surface area contributed by atoms with Crippen molar-refractivity contribution in [2.75, 3.05) is 6.61 Å². The largest absolute Gasteiger partial charge is 0.490 e. The van der Waals surface area contributed by atoms with Gasteiger partial charge in [0.05, 0.1) is 18.6 Å². The molecule has 37 heavy (non-hydrogen) atoms. The minimum Gasteiger partial charge on any atom is -0.490 e. The van der Waals surface area contributed by atoms with Gasteiger partial charge in [0.2, 0.25) is 0 Å². The predicted octanol–water partition coefficient (Wildman–Crippen LogP) is 5.57. The highest BCUT2D eigenvalue weighted by atomic mass is 19.1. The predicted molar refractivity (Wildman–Crippen MR) is 137 cm³/mol. The number of benzene rings is 4. The highest BCUT2D eigenvalue weighted by molar-refractivity contribution is 5.89. The summed E-state index contributed by atoms with van der Waals surface area (Å²) in [6.45, 7) is 1.72. The van der Waals surface area contributed by atoms with Gasteiger partial charge in [-0.1, -0.05) is 48.5 Å². The molecule has 5 nitrogen and oxygen atoms in total. The van der Waals surface area contributed by atoms with E-state index in [1.54, 1.807) is 24.3 Å². The molecule has 0 heterocycles. The Hall–Kier alpha value is -3.81. The molecule has 4 aromatic rings. The number of aryl methyl sites for hydroxylation is 1. The molecule has 0 aromatic heterocycles. The Kier molecular flexibility index (Phi) is 8.16. The van der Waals surface area contributed by atoms with Crippen LogP contribution in [0.3, 0.4) is 0 Å². The van der Waals surface area contributed by atoms with Crippen LogP contribution in [0.15, 0.2) is 78.9 Å². The summed E-state index contributed by atoms with van der Waals surface area (Å²) in [5.41, 5.74) is 3.10. The molecule has 0 spiro atoms. The number of aliphatic carboxylic acids is 1. The van der Waals surface area contributed by atoms with Gasteiger partial charge in [0, 0.05) is 17.9 Å². The summed E-state index contributed by atoms with van der Waals surface area (Å²) in [6, 6.07) is 21.9. The number of aliphatic hydroxyl groups excluding tert-OH is 2. The van der Waals surface area contributed by atoms with Gasteiger partial charge < -0.3 is 20.1 Å². The topological polar surface area (TPSA) is 87.0 Å². The van der Waals surface area contributed by atoms with Gasteiger partial charge in [-0.2, -0.15) is 0 Å². The molecule has 0 saturated carbocycles. The second kappa shape index (κ2) is 11.5. The van der Waals surface area contributed by atoms with Crippen molar-refractivity contribution in [2.24, 2.45) is 0 Å². The maximum Gasteiger partial charge on any atom is 0.305 e. The molecular formula is C30H28F2O5. The second-order valence-corrected chi connectivity index (χ2v) is 9.13. The van der Waals surface area contributed by atoms with E-state index in [9.17, 15) is 23.8 Å². The van der Waals surface area contributed by atoms with E-state index in [0.29, 0.717) is 5.75 Å². The van der Waals surface area contributed by atoms with Gasteiger partial charge >= 0.3 is 5.97 Å². The average Bonchev–Trinajstić information content (AvgIpc) is 2.85. The lowest BCUT2D eigenvalue weighted by Gasteiger charge is -2.25. The minimum absolute atomic E-state index is 0.159. The van der Waals surface area contributed by atoms with Crippen molar-refractivity contribution in [3.63, 3.8) is 0 Å². The van der Waals surface area contributed by atoms with Crippen molar-refractivity contribution in [3.8, 4) is 5.75 Å². The van der Waals surface area contributed by atoms with Crippen molar-refractivity contribution in [3.05, 3.63) is 113 Å². The average molecular weight is 507 g/mol. The first-order valence-electron chi connectivity index (χ1n) is 12.0. The highest BCUT2D eigenvalue weighted by Gasteiger charge is 2.25. The van der Waals surface area contributed by atoms with E-state index in [1.165, 1.54) is 24.3 Å². The fourth-order valence-corrected chi connectivity index (χ4v) is 4.65. The second-order valence-electron chi connectivity index (χ2n) is 9.13. The van der Waals surface area contributed by atoms with Crippen molar-refractivity contribution >= 4 is 16.7 Å². The van der Waals surface area contributed by atoms with Crippen LogP contribution in [-0.4, -0.2) is 40.1 Å². The van der Waals surface area contributed by atoms with Crippen LogP contribution in [0.4, 0.5) is 8.78 Å². The van der Waals surface area contributed by atoms with E-state index in [4.69, 9.17) is 9.84 Å². The van der Waals surface area contributed by atoms with Gasteiger partial charge in [0.1, 0.15) is 24.0 Å². The third-order valence-corrected chi connectivity index (χ3v) is 6.37. The zero-order valence-electron chi connectivity index (χ0n) is 20.3. The maximum absolute atomic E-state index is 13.8. The third kappa shape index (κ3) is 6.31. The summed E-state index contributed by atoms with van der Waals surface area (Å²) < 4.78 is 33.7. The summed E-state index contributed by atoms with van der Waals surface area (Å²) in [5.74, 6) is -1.85. The Morgan fingerprint density at radius 3 is 2.00 bits per heavy atom. The Balaban J connectivity index is 1.80. The molecule has 192 valence electrons. The molecule has 0 bridgehead atoms. The van der Waals surface area contributed by atoms with E-state index in [1.807, 2.05) is 37.3 Å². The zero-order valence-corrected chi connectivity index (χ0v) is 20.3. The van der Waals surface area contributed by atoms with Crippen LogP contribution in [0.25, 0.3) is 10.8 Å². The number of halogens is 2. The lowest BCUT2D eigenvalue weighted by molar-refractivity contribution is -0.139. The number of hydrogen-bond donors (Lipinski definition) is 3. The Labute approximate surface area is 213 Å². The van der Waals surface area contributed by atoms with Crippen molar-refractivity contribution < 1.29 is 33.6 Å². The van der Waals surface area contributed by atoms with Gasteiger partial charge in [-0.25, -0.2) is 8.78 Å². The molecule has 4 aromatic carbocycles. The van der Waals surface area contributed by atoms with Crippen molar-refractivity contribution in [2.45, 2.75) is 37.9 Å². The molecule has 3 N–H and O–H groups in total. The van der Waals surface area contributed by atoms with Crippen LogP contribution in [0.2, 0.25) is 0 Å². The van der Waals surface area contributed by atoms with Crippen LogP contribution in [-0.2, 0) is 4.79 Å². The number of ether oxygens (including phenoxy) is 1. The standard InChI is InChI=1S/C30H28F2O5/c1-18-26-5-3-2-4-21(26)14-27(30(18)37-17-25(34)15-24(33)16-28(35)36)29(19-6-10-22(31)11-7-19)20-8-12-23(32)13-9-20/h2-14,24-25,29,33-34H,15-17H2,1H3,(H,35,36)/t24-,25+/m1/s1. The Bertz CT molecular complexity index is 1320. The van der Waals surface area contributed by atoms with E-state index < -0.39 is 30.5 Å². The van der Waals surface area contributed by atoms with E-state index in [-0.39, 0.29) is 24.7 Å². The molecule has 0 saturated heterocycles. The Morgan fingerprint density at radius 1 is 0.865 bits per heavy atom. The first-order valence-corrected chi connectivity index (χ1v) is 12.0. The molecule has 0 fully saturated rings. The number of aliphatic hydroxyl groups is 2. The van der Waals surface area contributed by atoms with Gasteiger partial charge in [-0.15, -0.1) is 0 Å². The summed E-state index contributed by atoms with van der Waals surface area (Å²) in [7, 11) is 0. The third-order valence-electron chi connectivity index (χ3n) is 6.37. The van der Waals surface area contributed by atoms with Gasteiger partial charge in [0.15, 0.2) is 0 Å². The number of carboxylic acid groups (broad SMARTS) is 1. The minimum atomic E-state index is -1.21. The summed E-state index contributed by atoms with van der Waals surface area (Å²) in [5, 5.41) is 31.1.